The molecule has 0 aliphatic carbocycles. The number of nitrogens with one attached hydrogen (secondary N) is 1. The maximum atomic E-state index is 12.6. The van der Waals surface area contributed by atoms with Gasteiger partial charge in [-0.05, 0) is 30.4 Å². The van der Waals surface area contributed by atoms with Gasteiger partial charge in [-0.1, -0.05) is 31.2 Å². The van der Waals surface area contributed by atoms with Crippen LogP contribution in [0.2, 0.25) is 0 Å². The molecule has 1 fully saturated rings. The van der Waals surface area contributed by atoms with E-state index in [1.54, 1.807) is 4.90 Å². The van der Waals surface area contributed by atoms with E-state index in [2.05, 4.69) is 46.6 Å². The van der Waals surface area contributed by atoms with Crippen LogP contribution in [-0.4, -0.2) is 45.4 Å². The SMILES string of the molecule is CCc1ccc([C@@H]2CN(C(=O)Nc3nc4n(n3)CCCC4)CCO2)cc1. The van der Waals surface area contributed by atoms with Gasteiger partial charge in [0.25, 0.3) is 0 Å². The number of hydrogen-bond acceptors (Lipinski definition) is 4. The van der Waals surface area contributed by atoms with Crippen molar-refractivity contribution in [2.75, 3.05) is 25.0 Å². The van der Waals surface area contributed by atoms with Crippen LogP contribution in [0, 0.1) is 0 Å². The third-order valence-electron chi connectivity index (χ3n) is 5.10. The van der Waals surface area contributed by atoms with E-state index in [0.717, 1.165) is 43.6 Å². The average Bonchev–Trinajstić information content (AvgIpc) is 3.10. The standard InChI is InChI=1S/C19H25N5O2/c1-2-14-6-8-15(9-7-14)16-13-23(11-12-26-16)19(25)21-18-20-17-5-3-4-10-24(17)22-18/h6-9,16H,2-5,10-13H2,1H3,(H,21,22,25)/t16-/m0/s1. The number of hydrogen-bond donors (Lipinski definition) is 1. The molecule has 2 aliphatic heterocycles. The third kappa shape index (κ3) is 3.58. The van der Waals surface area contributed by atoms with E-state index in [0.29, 0.717) is 25.6 Å². The normalized spacial score (nSPS) is 19.9. The molecule has 1 saturated heterocycles. The minimum absolute atomic E-state index is 0.0939. The van der Waals surface area contributed by atoms with Crippen LogP contribution in [0.1, 0.15) is 42.8 Å². The number of ether oxygens (including phenoxy) is 1. The summed E-state index contributed by atoms with van der Waals surface area (Å²) in [5.74, 6) is 1.37. The van der Waals surface area contributed by atoms with Crippen LogP contribution in [0.25, 0.3) is 0 Å². The summed E-state index contributed by atoms with van der Waals surface area (Å²) in [6, 6.07) is 8.27. The van der Waals surface area contributed by atoms with Crippen molar-refractivity contribution in [2.45, 2.75) is 45.3 Å². The van der Waals surface area contributed by atoms with Gasteiger partial charge in [-0.3, -0.25) is 5.32 Å². The number of carbonyl (C=O) groups is 1. The predicted molar refractivity (Wildman–Crippen MR) is 98.1 cm³/mol. The van der Waals surface area contributed by atoms with Crippen molar-refractivity contribution in [1.29, 1.82) is 0 Å². The molecule has 1 atom stereocenters. The quantitative estimate of drug-likeness (QED) is 0.919. The van der Waals surface area contributed by atoms with Crippen molar-refractivity contribution in [3.63, 3.8) is 0 Å². The van der Waals surface area contributed by atoms with Crippen LogP contribution in [0.4, 0.5) is 10.7 Å². The average molecular weight is 355 g/mol. The van der Waals surface area contributed by atoms with Gasteiger partial charge in [0.15, 0.2) is 0 Å². The van der Waals surface area contributed by atoms with Gasteiger partial charge >= 0.3 is 6.03 Å². The van der Waals surface area contributed by atoms with Gasteiger partial charge in [0.2, 0.25) is 5.95 Å². The Morgan fingerprint density at radius 2 is 2.12 bits per heavy atom. The Kier molecular flexibility index (Phi) is 4.88. The summed E-state index contributed by atoms with van der Waals surface area (Å²) in [7, 11) is 0. The molecule has 0 radical (unpaired) electrons. The molecule has 1 N–H and O–H groups in total. The molecule has 0 bridgehead atoms. The Morgan fingerprint density at radius 1 is 1.27 bits per heavy atom. The van der Waals surface area contributed by atoms with E-state index < -0.39 is 0 Å². The molecule has 138 valence electrons. The van der Waals surface area contributed by atoms with Crippen molar-refractivity contribution < 1.29 is 9.53 Å². The molecular formula is C19H25N5O2. The molecule has 0 spiro atoms. The molecule has 0 unspecified atom stereocenters. The topological polar surface area (TPSA) is 72.3 Å². The van der Waals surface area contributed by atoms with Gasteiger partial charge < -0.3 is 9.64 Å². The highest BCUT2D eigenvalue weighted by Gasteiger charge is 2.26. The first-order valence-corrected chi connectivity index (χ1v) is 9.43. The zero-order valence-corrected chi connectivity index (χ0v) is 15.1. The lowest BCUT2D eigenvalue weighted by Gasteiger charge is -2.33. The van der Waals surface area contributed by atoms with E-state index in [1.807, 2.05) is 4.68 Å². The number of fused-ring (bicyclic) bond motifs is 1. The van der Waals surface area contributed by atoms with Gasteiger partial charge in [0, 0.05) is 19.5 Å². The van der Waals surface area contributed by atoms with Crippen molar-refractivity contribution in [2.24, 2.45) is 0 Å². The highest BCUT2D eigenvalue weighted by molar-refractivity contribution is 5.87. The molecule has 2 aliphatic rings. The van der Waals surface area contributed by atoms with Gasteiger partial charge in [0.05, 0.1) is 13.2 Å². The highest BCUT2D eigenvalue weighted by Crippen LogP contribution is 2.23. The van der Waals surface area contributed by atoms with Crippen LogP contribution in [0.15, 0.2) is 24.3 Å². The number of nitrogens with zero attached hydrogens (tertiary/aromatic N) is 4. The largest absolute Gasteiger partial charge is 0.370 e. The molecule has 3 heterocycles. The van der Waals surface area contributed by atoms with Crippen molar-refractivity contribution in [3.8, 4) is 0 Å². The van der Waals surface area contributed by atoms with Gasteiger partial charge in [-0.25, -0.2) is 9.48 Å². The molecule has 2 aromatic rings. The fraction of sp³-hybridized carbons (Fsp3) is 0.526. The predicted octanol–water partition coefficient (Wildman–Crippen LogP) is 2.78. The van der Waals surface area contributed by atoms with Crippen LogP contribution in [-0.2, 0) is 24.1 Å². The second kappa shape index (κ2) is 7.45. The first-order valence-electron chi connectivity index (χ1n) is 9.43. The van der Waals surface area contributed by atoms with Crippen LogP contribution in [0.3, 0.4) is 0 Å². The fourth-order valence-electron chi connectivity index (χ4n) is 3.51. The van der Waals surface area contributed by atoms with E-state index in [9.17, 15) is 4.79 Å². The first-order chi connectivity index (χ1) is 12.7. The summed E-state index contributed by atoms with van der Waals surface area (Å²) < 4.78 is 7.78. The number of urea groups is 1. The van der Waals surface area contributed by atoms with Crippen molar-refractivity contribution in [3.05, 3.63) is 41.2 Å². The lowest BCUT2D eigenvalue weighted by atomic mass is 10.0. The summed E-state index contributed by atoms with van der Waals surface area (Å²) in [6.07, 6.45) is 4.10. The lowest BCUT2D eigenvalue weighted by molar-refractivity contribution is -0.0135. The lowest BCUT2D eigenvalue weighted by Crippen LogP contribution is -2.44. The Morgan fingerprint density at radius 3 is 2.88 bits per heavy atom. The van der Waals surface area contributed by atoms with Gasteiger partial charge in [-0.2, -0.15) is 4.98 Å². The third-order valence-corrected chi connectivity index (χ3v) is 5.10. The Bertz CT molecular complexity index is 747. The number of benzene rings is 1. The van der Waals surface area contributed by atoms with E-state index >= 15 is 0 Å². The summed E-state index contributed by atoms with van der Waals surface area (Å²) in [5, 5.41) is 7.25. The fourth-order valence-corrected chi connectivity index (χ4v) is 3.51. The second-order valence-electron chi connectivity index (χ2n) is 6.86. The zero-order chi connectivity index (χ0) is 17.9. The minimum Gasteiger partial charge on any atom is -0.370 e. The number of rotatable bonds is 3. The summed E-state index contributed by atoms with van der Waals surface area (Å²) in [6.45, 7) is 4.65. The molecule has 7 nitrogen and oxygen atoms in total. The van der Waals surface area contributed by atoms with Crippen molar-refractivity contribution in [1.82, 2.24) is 19.7 Å². The summed E-state index contributed by atoms with van der Waals surface area (Å²) in [4.78, 5) is 18.9. The van der Waals surface area contributed by atoms with E-state index in [1.165, 1.54) is 5.56 Å². The molecular weight excluding hydrogens is 330 g/mol. The second-order valence-corrected chi connectivity index (χ2v) is 6.86. The highest BCUT2D eigenvalue weighted by atomic mass is 16.5. The molecule has 2 amide bonds. The van der Waals surface area contributed by atoms with Crippen LogP contribution < -0.4 is 5.32 Å². The Labute approximate surface area is 153 Å². The minimum atomic E-state index is -0.161. The maximum absolute atomic E-state index is 12.6. The van der Waals surface area contributed by atoms with Crippen molar-refractivity contribution >= 4 is 12.0 Å². The monoisotopic (exact) mass is 355 g/mol. The number of aromatic nitrogens is 3. The molecule has 1 aromatic carbocycles. The summed E-state index contributed by atoms with van der Waals surface area (Å²) >= 11 is 0. The number of morpholine rings is 1. The Hall–Kier alpha value is -2.41. The molecule has 26 heavy (non-hydrogen) atoms. The van der Waals surface area contributed by atoms with E-state index in [-0.39, 0.29) is 12.1 Å². The number of aryl methyl sites for hydroxylation is 3. The number of anilines is 1. The smallest absolute Gasteiger partial charge is 0.324 e. The number of carbonyl (C=O) groups excluding carboxylic acids is 1. The number of amides is 2. The van der Waals surface area contributed by atoms with Gasteiger partial charge in [-0.15, -0.1) is 5.10 Å². The molecule has 7 heteroatoms. The molecule has 4 rings (SSSR count). The molecule has 0 saturated carbocycles. The van der Waals surface area contributed by atoms with Crippen LogP contribution in [0.5, 0.6) is 0 Å². The molecule has 1 aromatic heterocycles. The zero-order valence-electron chi connectivity index (χ0n) is 15.1. The van der Waals surface area contributed by atoms with E-state index in [4.69, 9.17) is 4.74 Å². The summed E-state index contributed by atoms with van der Waals surface area (Å²) in [5.41, 5.74) is 2.41. The van der Waals surface area contributed by atoms with Gasteiger partial charge in [0.1, 0.15) is 11.9 Å². The Balaban J connectivity index is 1.40. The first kappa shape index (κ1) is 17.0. The maximum Gasteiger partial charge on any atom is 0.324 e. The van der Waals surface area contributed by atoms with Crippen LogP contribution >= 0.6 is 0 Å².